The average Bonchev–Trinajstić information content (AvgIpc) is 2.47. The first-order valence-electron chi connectivity index (χ1n) is 6.70. The zero-order valence-corrected chi connectivity index (χ0v) is 13.5. The highest BCUT2D eigenvalue weighted by atomic mass is 32.2. The molecule has 0 bridgehead atoms. The normalized spacial score (nSPS) is 11.7. The van der Waals surface area contributed by atoms with E-state index in [1.54, 1.807) is 24.3 Å². The van der Waals surface area contributed by atoms with Crippen molar-refractivity contribution in [1.29, 1.82) is 0 Å². The van der Waals surface area contributed by atoms with Gasteiger partial charge in [0.25, 0.3) is 0 Å². The Hall–Kier alpha value is -1.92. The van der Waals surface area contributed by atoms with Crippen molar-refractivity contribution in [2.24, 2.45) is 0 Å². The molecule has 0 saturated heterocycles. The molecule has 0 fully saturated rings. The molecule has 0 N–H and O–H groups in total. The van der Waals surface area contributed by atoms with Gasteiger partial charge in [-0.25, -0.2) is 12.8 Å². The molecule has 4 nitrogen and oxygen atoms in total. The van der Waals surface area contributed by atoms with E-state index in [1.165, 1.54) is 30.6 Å². The maximum atomic E-state index is 13.7. The van der Waals surface area contributed by atoms with Gasteiger partial charge in [0.2, 0.25) is 10.0 Å². The lowest BCUT2D eigenvalue weighted by atomic mass is 10.2. The molecular weight excluding hydrogens is 305 g/mol. The Morgan fingerprint density at radius 2 is 1.91 bits per heavy atom. The number of methoxy groups -OCH3 is 1. The molecule has 0 amide bonds. The minimum Gasteiger partial charge on any atom is -0.494 e. The third kappa shape index (κ3) is 3.45. The minimum atomic E-state index is -3.61. The van der Waals surface area contributed by atoms with Crippen molar-refractivity contribution in [1.82, 2.24) is 4.31 Å². The van der Waals surface area contributed by atoms with E-state index in [4.69, 9.17) is 4.74 Å². The van der Waals surface area contributed by atoms with Crippen LogP contribution in [-0.2, 0) is 16.6 Å². The van der Waals surface area contributed by atoms with Crippen LogP contribution in [-0.4, -0.2) is 26.9 Å². The van der Waals surface area contributed by atoms with E-state index < -0.39 is 15.8 Å². The summed E-state index contributed by atoms with van der Waals surface area (Å²) in [5.74, 6) is -0.380. The third-order valence-electron chi connectivity index (χ3n) is 3.32. The second-order valence-corrected chi connectivity index (χ2v) is 7.09. The predicted molar refractivity (Wildman–Crippen MR) is 82.8 cm³/mol. The first kappa shape index (κ1) is 16.5. The van der Waals surface area contributed by atoms with Gasteiger partial charge in [0.15, 0.2) is 11.6 Å². The van der Waals surface area contributed by atoms with Gasteiger partial charge < -0.3 is 4.74 Å². The summed E-state index contributed by atoms with van der Waals surface area (Å²) in [7, 11) is -0.755. The summed E-state index contributed by atoms with van der Waals surface area (Å²) in [5, 5.41) is 0. The Morgan fingerprint density at radius 3 is 2.50 bits per heavy atom. The fraction of sp³-hybridized carbons (Fsp3) is 0.250. The quantitative estimate of drug-likeness (QED) is 0.850. The van der Waals surface area contributed by atoms with Crippen LogP contribution in [0.1, 0.15) is 11.1 Å². The van der Waals surface area contributed by atoms with Crippen molar-refractivity contribution < 1.29 is 17.5 Å². The summed E-state index contributed by atoms with van der Waals surface area (Å²) < 4.78 is 44.7. The molecule has 0 aromatic heterocycles. The first-order valence-corrected chi connectivity index (χ1v) is 8.14. The summed E-state index contributed by atoms with van der Waals surface area (Å²) in [6, 6.07) is 11.1. The van der Waals surface area contributed by atoms with Crippen LogP contribution in [0.3, 0.4) is 0 Å². The number of aryl methyl sites for hydroxylation is 1. The van der Waals surface area contributed by atoms with Crippen LogP contribution in [0.2, 0.25) is 0 Å². The van der Waals surface area contributed by atoms with Gasteiger partial charge >= 0.3 is 0 Å². The van der Waals surface area contributed by atoms with Gasteiger partial charge in [0.05, 0.1) is 12.0 Å². The van der Waals surface area contributed by atoms with Gasteiger partial charge in [-0.2, -0.15) is 4.31 Å². The third-order valence-corrected chi connectivity index (χ3v) is 5.12. The lowest BCUT2D eigenvalue weighted by molar-refractivity contribution is 0.385. The number of ether oxygens (including phenoxy) is 1. The Bertz CT molecular complexity index is 775. The van der Waals surface area contributed by atoms with E-state index in [2.05, 4.69) is 0 Å². The summed E-state index contributed by atoms with van der Waals surface area (Å²) >= 11 is 0. The number of benzene rings is 2. The number of rotatable bonds is 5. The number of hydrogen-bond donors (Lipinski definition) is 0. The maximum Gasteiger partial charge on any atom is 0.243 e. The van der Waals surface area contributed by atoms with Crippen molar-refractivity contribution in [3.8, 4) is 5.75 Å². The molecule has 0 heterocycles. The monoisotopic (exact) mass is 323 g/mol. The van der Waals surface area contributed by atoms with Crippen LogP contribution >= 0.6 is 0 Å². The zero-order valence-electron chi connectivity index (χ0n) is 12.7. The molecule has 6 heteroatoms. The van der Waals surface area contributed by atoms with E-state index in [-0.39, 0.29) is 17.2 Å². The van der Waals surface area contributed by atoms with Crippen molar-refractivity contribution in [2.45, 2.75) is 18.4 Å². The smallest absolute Gasteiger partial charge is 0.243 e. The number of halogens is 1. The van der Waals surface area contributed by atoms with E-state index in [0.717, 1.165) is 5.56 Å². The number of sulfonamides is 1. The molecule has 2 rings (SSSR count). The fourth-order valence-corrected chi connectivity index (χ4v) is 3.37. The highest BCUT2D eigenvalue weighted by molar-refractivity contribution is 7.89. The summed E-state index contributed by atoms with van der Waals surface area (Å²) in [4.78, 5) is 0.226. The van der Waals surface area contributed by atoms with E-state index >= 15 is 0 Å². The van der Waals surface area contributed by atoms with Crippen molar-refractivity contribution in [2.75, 3.05) is 14.2 Å². The molecule has 0 spiro atoms. The molecule has 0 radical (unpaired) electrons. The first-order chi connectivity index (χ1) is 10.3. The number of nitrogens with zero attached hydrogens (tertiary/aromatic N) is 1. The Kier molecular flexibility index (Phi) is 4.83. The molecule has 2 aromatic carbocycles. The molecule has 2 aromatic rings. The van der Waals surface area contributed by atoms with Crippen LogP contribution in [0.5, 0.6) is 5.75 Å². The Balaban J connectivity index is 2.24. The van der Waals surface area contributed by atoms with Gasteiger partial charge in [-0.1, -0.05) is 18.2 Å². The lowest BCUT2D eigenvalue weighted by Gasteiger charge is -2.18. The fourth-order valence-electron chi connectivity index (χ4n) is 2.11. The van der Waals surface area contributed by atoms with Crippen LogP contribution in [0, 0.1) is 12.7 Å². The molecule has 0 aliphatic heterocycles. The molecule has 0 saturated carbocycles. The molecule has 0 unspecified atom stereocenters. The molecule has 0 atom stereocenters. The standard InChI is InChI=1S/C16H18FNO3S/c1-12-5-4-6-14(9-12)22(19,20)18(2)11-13-7-8-16(21-3)15(17)10-13/h4-10H,11H2,1-3H3. The molecule has 0 aliphatic rings. The zero-order chi connectivity index (χ0) is 16.3. The highest BCUT2D eigenvalue weighted by Gasteiger charge is 2.21. The molecule has 22 heavy (non-hydrogen) atoms. The summed E-state index contributed by atoms with van der Waals surface area (Å²) in [5.41, 5.74) is 1.42. The van der Waals surface area contributed by atoms with Crippen molar-refractivity contribution >= 4 is 10.0 Å². The summed E-state index contributed by atoms with van der Waals surface area (Å²) in [6.45, 7) is 1.91. The minimum absolute atomic E-state index is 0.0805. The Morgan fingerprint density at radius 1 is 1.18 bits per heavy atom. The van der Waals surface area contributed by atoms with Gasteiger partial charge in [0, 0.05) is 13.6 Å². The largest absolute Gasteiger partial charge is 0.494 e. The van der Waals surface area contributed by atoms with Gasteiger partial charge in [0.1, 0.15) is 0 Å². The average molecular weight is 323 g/mol. The Labute approximate surface area is 130 Å². The highest BCUT2D eigenvalue weighted by Crippen LogP contribution is 2.21. The maximum absolute atomic E-state index is 13.7. The van der Waals surface area contributed by atoms with E-state index in [1.807, 2.05) is 13.0 Å². The topological polar surface area (TPSA) is 46.6 Å². The number of hydrogen-bond acceptors (Lipinski definition) is 3. The second-order valence-electron chi connectivity index (χ2n) is 5.05. The molecule has 0 aliphatic carbocycles. The van der Waals surface area contributed by atoms with Crippen molar-refractivity contribution in [3.05, 3.63) is 59.4 Å². The van der Waals surface area contributed by atoms with Crippen LogP contribution in [0.25, 0.3) is 0 Å². The van der Waals surface area contributed by atoms with E-state index in [9.17, 15) is 12.8 Å². The summed E-state index contributed by atoms with van der Waals surface area (Å²) in [6.07, 6.45) is 0. The van der Waals surface area contributed by atoms with Crippen molar-refractivity contribution in [3.63, 3.8) is 0 Å². The van der Waals surface area contributed by atoms with Crippen LogP contribution in [0.4, 0.5) is 4.39 Å². The SMILES string of the molecule is COc1ccc(CN(C)S(=O)(=O)c2cccc(C)c2)cc1F. The molecular formula is C16H18FNO3S. The van der Waals surface area contributed by atoms with Gasteiger partial charge in [-0.05, 0) is 42.3 Å². The van der Waals surface area contributed by atoms with E-state index in [0.29, 0.717) is 5.56 Å². The molecule has 118 valence electrons. The van der Waals surface area contributed by atoms with Crippen LogP contribution < -0.4 is 4.74 Å². The lowest BCUT2D eigenvalue weighted by Crippen LogP contribution is -2.26. The second kappa shape index (κ2) is 6.46. The van der Waals surface area contributed by atoms with Gasteiger partial charge in [-0.15, -0.1) is 0 Å². The van der Waals surface area contributed by atoms with Gasteiger partial charge in [-0.3, -0.25) is 0 Å². The predicted octanol–water partition coefficient (Wildman–Crippen LogP) is 2.96. The van der Waals surface area contributed by atoms with Crippen LogP contribution in [0.15, 0.2) is 47.4 Å².